The van der Waals surface area contributed by atoms with Gasteiger partial charge in [-0.3, -0.25) is 13.8 Å². The summed E-state index contributed by atoms with van der Waals surface area (Å²) in [6.45, 7) is 4.56. The number of hydrogen-bond acceptors (Lipinski definition) is 5. The van der Waals surface area contributed by atoms with Crippen LogP contribution in [0.15, 0.2) is 158 Å². The van der Waals surface area contributed by atoms with Gasteiger partial charge in [0.2, 0.25) is 5.91 Å². The Labute approximate surface area is 416 Å². The number of phosphoric acid groups is 1. The molecule has 0 spiro atoms. The highest BCUT2D eigenvalue weighted by Crippen LogP contribution is 2.43. The normalized spacial score (nSPS) is 15.3. The Balaban J connectivity index is 4.39. The molecule has 0 aromatic carbocycles. The van der Waals surface area contributed by atoms with E-state index in [9.17, 15) is 19.4 Å². The van der Waals surface area contributed by atoms with Gasteiger partial charge >= 0.3 is 7.82 Å². The lowest BCUT2D eigenvalue weighted by Gasteiger charge is -2.25. The Kier molecular flexibility index (Phi) is 45.4. The second-order valence-electron chi connectivity index (χ2n) is 17.8. The molecule has 0 fully saturated rings. The van der Waals surface area contributed by atoms with Crippen LogP contribution in [-0.4, -0.2) is 73.4 Å². The molecule has 3 N–H and O–H groups in total. The van der Waals surface area contributed by atoms with Crippen molar-refractivity contribution in [3.05, 3.63) is 158 Å². The van der Waals surface area contributed by atoms with Crippen molar-refractivity contribution in [2.24, 2.45) is 0 Å². The molecule has 0 saturated heterocycles. The highest BCUT2D eigenvalue weighted by molar-refractivity contribution is 7.47. The van der Waals surface area contributed by atoms with E-state index < -0.39 is 20.0 Å². The third-order valence-corrected chi connectivity index (χ3v) is 11.2. The molecule has 1 amide bonds. The summed E-state index contributed by atoms with van der Waals surface area (Å²) in [5.74, 6) is -0.243. The minimum absolute atomic E-state index is 0.0351. The molecule has 0 bridgehead atoms. The fourth-order valence-corrected chi connectivity index (χ4v) is 6.89. The first-order valence-corrected chi connectivity index (χ1v) is 27.4. The van der Waals surface area contributed by atoms with E-state index in [4.69, 9.17) is 9.05 Å². The maximum Gasteiger partial charge on any atom is 0.472 e. The number of aliphatic hydroxyl groups is 1. The summed E-state index contributed by atoms with van der Waals surface area (Å²) in [5, 5.41) is 13.8. The second-order valence-corrected chi connectivity index (χ2v) is 19.2. The Hall–Kier alpha value is -3.88. The molecule has 8 nitrogen and oxygen atoms in total. The van der Waals surface area contributed by atoms with Crippen LogP contribution in [0.3, 0.4) is 0 Å². The highest BCUT2D eigenvalue weighted by Gasteiger charge is 2.27. The first-order valence-electron chi connectivity index (χ1n) is 25.9. The lowest BCUT2D eigenvalue weighted by Crippen LogP contribution is -2.45. The van der Waals surface area contributed by atoms with E-state index in [1.54, 1.807) is 6.08 Å². The van der Waals surface area contributed by atoms with Gasteiger partial charge in [-0.05, 0) is 122 Å². The zero-order valence-corrected chi connectivity index (χ0v) is 44.2. The fraction of sp³-hybridized carbons (Fsp3) is 0.542. The molecule has 0 heterocycles. The van der Waals surface area contributed by atoms with Crippen molar-refractivity contribution in [1.82, 2.24) is 5.32 Å². The zero-order chi connectivity index (χ0) is 49.9. The summed E-state index contributed by atoms with van der Waals surface area (Å²) in [6.07, 6.45) is 76.3. The molecule has 9 heteroatoms. The maximum atomic E-state index is 12.9. The number of aliphatic hydroxyl groups excluding tert-OH is 1. The van der Waals surface area contributed by atoms with Gasteiger partial charge in [0.25, 0.3) is 0 Å². The highest BCUT2D eigenvalue weighted by atomic mass is 31.2. The van der Waals surface area contributed by atoms with Crippen LogP contribution in [0.1, 0.15) is 155 Å². The monoisotopic (exact) mass is 960 g/mol. The number of rotatable bonds is 44. The van der Waals surface area contributed by atoms with Crippen LogP contribution in [0.2, 0.25) is 0 Å². The number of nitrogens with zero attached hydrogens (tertiary/aromatic N) is 1. The van der Waals surface area contributed by atoms with Gasteiger partial charge in [-0.1, -0.05) is 185 Å². The summed E-state index contributed by atoms with van der Waals surface area (Å²) in [7, 11) is 1.48. The van der Waals surface area contributed by atoms with E-state index in [1.807, 2.05) is 27.2 Å². The van der Waals surface area contributed by atoms with Crippen molar-refractivity contribution >= 4 is 13.7 Å². The van der Waals surface area contributed by atoms with Crippen LogP contribution >= 0.6 is 7.82 Å². The lowest BCUT2D eigenvalue weighted by atomic mass is 10.1. The van der Waals surface area contributed by atoms with Gasteiger partial charge in [0.05, 0.1) is 39.9 Å². The van der Waals surface area contributed by atoms with Gasteiger partial charge < -0.3 is 19.8 Å². The van der Waals surface area contributed by atoms with Crippen LogP contribution in [0, 0.1) is 0 Å². The summed E-state index contributed by atoms with van der Waals surface area (Å²) in [6, 6.07) is -0.905. The Morgan fingerprint density at radius 2 is 0.882 bits per heavy atom. The number of amides is 1. The fourth-order valence-electron chi connectivity index (χ4n) is 6.16. The van der Waals surface area contributed by atoms with Crippen LogP contribution in [0.4, 0.5) is 0 Å². The van der Waals surface area contributed by atoms with Crippen molar-refractivity contribution < 1.29 is 32.9 Å². The second kappa shape index (κ2) is 48.2. The molecule has 3 atom stereocenters. The lowest BCUT2D eigenvalue weighted by molar-refractivity contribution is -0.870. The third-order valence-electron chi connectivity index (χ3n) is 10.2. The number of nitrogens with one attached hydrogen (secondary N) is 1. The minimum atomic E-state index is -4.38. The van der Waals surface area contributed by atoms with Crippen molar-refractivity contribution in [3.63, 3.8) is 0 Å². The van der Waals surface area contributed by atoms with E-state index in [2.05, 4.69) is 165 Å². The average Bonchev–Trinajstić information content (AvgIpc) is 3.30. The Morgan fingerprint density at radius 1 is 0.515 bits per heavy atom. The first-order chi connectivity index (χ1) is 33.0. The molecule has 0 rings (SSSR count). The summed E-state index contributed by atoms with van der Waals surface area (Å²) >= 11 is 0. The quantitative estimate of drug-likeness (QED) is 0.0243. The molecule has 0 aliphatic heterocycles. The maximum absolute atomic E-state index is 12.9. The van der Waals surface area contributed by atoms with E-state index in [0.29, 0.717) is 17.4 Å². The molecule has 0 saturated carbocycles. The Bertz CT molecular complexity index is 1650. The van der Waals surface area contributed by atoms with E-state index >= 15 is 0 Å². The topological polar surface area (TPSA) is 105 Å². The van der Waals surface area contributed by atoms with E-state index in [0.717, 1.165) is 109 Å². The molecule has 3 unspecified atom stereocenters. The SMILES string of the molecule is CC/C=C\C/C=C\C/C=C\C/C=C\C/C=C\C/C=C\C/C=C\C/C=C\C/C=C\C/C=C\CCCCC(=O)NC(COP(=O)(O)OCC[N+](C)(C)C)C(O)/C=C/CC/C=C/CC/C=C/CCCCC. The standard InChI is InChI=1S/C59H95N2O6P/c1-6-8-10-12-14-16-18-20-21-22-23-24-25-26-27-28-29-30-31-32-33-34-35-36-37-38-39-41-43-45-47-49-51-53-59(63)60-57(56-67-68(64,65)66-55-54-61(3,4)5)58(62)52-50-48-46-44-42-40-19-17-15-13-11-9-7-2/h8,10,14-17,20-21,23-24,26-27,29-30,32-33,35-36,38-39,42-45,50,52,57-58,62H,6-7,9,11-13,18-19,22,25,28,31,34,37,40-41,46-49,51,53-56H2,1-5H3,(H-,60,63,64,65)/p+1/b10-8-,16-14-,17-15+,21-20-,24-23-,27-26-,30-29-,33-32-,36-35-,39-38-,44-42+,45-43-,52-50+. The predicted octanol–water partition coefficient (Wildman–Crippen LogP) is 15.5. The molecular formula is C59H96N2O6P+. The van der Waals surface area contributed by atoms with Gasteiger partial charge in [0.15, 0.2) is 0 Å². The van der Waals surface area contributed by atoms with Crippen molar-refractivity contribution in [2.45, 2.75) is 167 Å². The smallest absolute Gasteiger partial charge is 0.387 e. The molecule has 0 aromatic heterocycles. The molecule has 0 radical (unpaired) electrons. The van der Waals surface area contributed by atoms with Gasteiger partial charge in [-0.15, -0.1) is 0 Å². The number of carbonyl (C=O) groups is 1. The molecule has 382 valence electrons. The summed E-state index contributed by atoms with van der Waals surface area (Å²) in [4.78, 5) is 23.2. The van der Waals surface area contributed by atoms with Crippen LogP contribution < -0.4 is 5.32 Å². The van der Waals surface area contributed by atoms with Gasteiger partial charge in [0.1, 0.15) is 13.2 Å². The van der Waals surface area contributed by atoms with E-state index in [-0.39, 0.29) is 25.5 Å². The minimum Gasteiger partial charge on any atom is -0.387 e. The zero-order valence-electron chi connectivity index (χ0n) is 43.3. The van der Waals surface area contributed by atoms with E-state index in [1.165, 1.54) is 19.3 Å². The molecule has 0 aliphatic rings. The average molecular weight is 960 g/mol. The number of hydrogen-bond donors (Lipinski definition) is 3. The van der Waals surface area contributed by atoms with Gasteiger partial charge in [0, 0.05) is 6.42 Å². The molecule has 0 aliphatic carbocycles. The van der Waals surface area contributed by atoms with Gasteiger partial charge in [-0.25, -0.2) is 4.57 Å². The van der Waals surface area contributed by atoms with Crippen LogP contribution in [0.5, 0.6) is 0 Å². The largest absolute Gasteiger partial charge is 0.472 e. The molecule has 68 heavy (non-hydrogen) atoms. The number of phosphoric ester groups is 1. The third kappa shape index (κ3) is 50.0. The number of carbonyl (C=O) groups excluding carboxylic acids is 1. The van der Waals surface area contributed by atoms with Crippen molar-refractivity contribution in [3.8, 4) is 0 Å². The van der Waals surface area contributed by atoms with Crippen molar-refractivity contribution in [1.29, 1.82) is 0 Å². The number of quaternary nitrogens is 1. The van der Waals surface area contributed by atoms with Crippen LogP contribution in [0.25, 0.3) is 0 Å². The van der Waals surface area contributed by atoms with Crippen LogP contribution in [-0.2, 0) is 18.4 Å². The number of likely N-dealkylation sites (N-methyl/N-ethyl adjacent to an activating group) is 1. The number of allylic oxidation sites excluding steroid dienone is 25. The molecular weight excluding hydrogens is 864 g/mol. The summed E-state index contributed by atoms with van der Waals surface area (Å²) in [5.41, 5.74) is 0. The van der Waals surface area contributed by atoms with Crippen molar-refractivity contribution in [2.75, 3.05) is 40.9 Å². The Morgan fingerprint density at radius 3 is 1.29 bits per heavy atom. The summed E-state index contributed by atoms with van der Waals surface area (Å²) < 4.78 is 23.5. The number of unbranched alkanes of at least 4 members (excludes halogenated alkanes) is 7. The predicted molar refractivity (Wildman–Crippen MR) is 294 cm³/mol. The molecule has 0 aromatic rings. The first kappa shape index (κ1) is 64.1. The van der Waals surface area contributed by atoms with Gasteiger partial charge in [-0.2, -0.15) is 0 Å².